The van der Waals surface area contributed by atoms with E-state index in [1.54, 1.807) is 19.1 Å². The smallest absolute Gasteiger partial charge is 0.239 e. The number of carbonyl (C=O) groups excluding carboxylic acids is 1. The average Bonchev–Trinajstić information content (AvgIpc) is 3.06. The Labute approximate surface area is 161 Å². The number of benzene rings is 1. The van der Waals surface area contributed by atoms with Gasteiger partial charge < -0.3 is 14.5 Å². The second kappa shape index (κ2) is 8.06. The Balaban J connectivity index is 1.58. The third kappa shape index (κ3) is 4.38. The van der Waals surface area contributed by atoms with Crippen LogP contribution in [0.4, 0.5) is 5.69 Å². The molecule has 150 valence electrons. The predicted octanol–water partition coefficient (Wildman–Crippen LogP) is 0.851. The number of para-hydroxylation sites is 2. The van der Waals surface area contributed by atoms with Gasteiger partial charge in [-0.1, -0.05) is 12.1 Å². The molecule has 1 aromatic carbocycles. The van der Waals surface area contributed by atoms with Crippen molar-refractivity contribution in [2.45, 2.75) is 25.4 Å². The number of amides is 1. The molecule has 0 saturated carbocycles. The zero-order valence-electron chi connectivity index (χ0n) is 16.3. The molecule has 27 heavy (non-hydrogen) atoms. The molecule has 1 aromatic rings. The molecule has 0 N–H and O–H groups in total. The molecule has 2 heterocycles. The Morgan fingerprint density at radius 2 is 1.89 bits per heavy atom. The Bertz CT molecular complexity index is 775. The van der Waals surface area contributed by atoms with Crippen molar-refractivity contribution in [1.29, 1.82) is 0 Å². The summed E-state index contributed by atoms with van der Waals surface area (Å²) < 4.78 is 28.8. The fraction of sp³-hybridized carbons (Fsp3) is 0.632. The maximum atomic E-state index is 12.8. The fourth-order valence-corrected chi connectivity index (χ4v) is 5.73. The average molecular weight is 396 g/mol. The molecule has 3 rings (SSSR count). The van der Waals surface area contributed by atoms with E-state index in [4.69, 9.17) is 4.74 Å². The molecule has 1 amide bonds. The lowest BCUT2D eigenvalue weighted by Crippen LogP contribution is -2.55. The minimum Gasteiger partial charge on any atom is -0.495 e. The standard InChI is InChI=1S/C19H29N3O4S/c1-15(19(23)20(2)16-8-13-27(24,25)14-16)21-9-11-22(12-10-21)17-6-4-5-7-18(17)26-3/h4-7,15-16H,8-14H2,1-3H3/t15-,16+/m0/s1. The summed E-state index contributed by atoms with van der Waals surface area (Å²) in [5, 5.41) is 0. The van der Waals surface area contributed by atoms with Crippen LogP contribution in [0.5, 0.6) is 5.75 Å². The molecule has 0 spiro atoms. The van der Waals surface area contributed by atoms with E-state index >= 15 is 0 Å². The van der Waals surface area contributed by atoms with E-state index < -0.39 is 9.84 Å². The summed E-state index contributed by atoms with van der Waals surface area (Å²) in [6.45, 7) is 5.11. The van der Waals surface area contributed by atoms with Crippen LogP contribution < -0.4 is 9.64 Å². The van der Waals surface area contributed by atoms with Crippen molar-refractivity contribution in [3.63, 3.8) is 0 Å². The quantitative estimate of drug-likeness (QED) is 0.736. The molecule has 2 aliphatic rings. The van der Waals surface area contributed by atoms with Gasteiger partial charge in [-0.15, -0.1) is 0 Å². The number of ether oxygens (including phenoxy) is 1. The molecule has 2 aliphatic heterocycles. The molecule has 8 heteroatoms. The molecular formula is C19H29N3O4S. The van der Waals surface area contributed by atoms with Crippen LogP contribution in [0.25, 0.3) is 0 Å². The third-order valence-corrected chi connectivity index (χ3v) is 7.50. The van der Waals surface area contributed by atoms with Crippen LogP contribution in [0.3, 0.4) is 0 Å². The highest BCUT2D eigenvalue weighted by molar-refractivity contribution is 7.91. The second-order valence-corrected chi connectivity index (χ2v) is 9.61. The summed E-state index contributed by atoms with van der Waals surface area (Å²) >= 11 is 0. The van der Waals surface area contributed by atoms with Crippen molar-refractivity contribution in [3.8, 4) is 5.75 Å². The summed E-state index contributed by atoms with van der Waals surface area (Å²) in [4.78, 5) is 18.9. The molecule has 0 bridgehead atoms. The zero-order valence-corrected chi connectivity index (χ0v) is 17.1. The zero-order chi connectivity index (χ0) is 19.6. The first-order valence-corrected chi connectivity index (χ1v) is 11.2. The van der Waals surface area contributed by atoms with Crippen molar-refractivity contribution >= 4 is 21.4 Å². The van der Waals surface area contributed by atoms with Gasteiger partial charge in [-0.05, 0) is 25.5 Å². The Morgan fingerprint density at radius 3 is 2.48 bits per heavy atom. The minimum atomic E-state index is -3.00. The molecular weight excluding hydrogens is 366 g/mol. The number of hydrogen-bond donors (Lipinski definition) is 0. The Morgan fingerprint density at radius 1 is 1.22 bits per heavy atom. The lowest BCUT2D eigenvalue weighted by atomic mass is 10.1. The Hall–Kier alpha value is -1.80. The van der Waals surface area contributed by atoms with Crippen molar-refractivity contribution in [3.05, 3.63) is 24.3 Å². The largest absolute Gasteiger partial charge is 0.495 e. The van der Waals surface area contributed by atoms with Crippen LogP contribution in [0.15, 0.2) is 24.3 Å². The first kappa shape index (κ1) is 19.9. The van der Waals surface area contributed by atoms with Gasteiger partial charge in [0.05, 0.1) is 30.3 Å². The number of methoxy groups -OCH3 is 1. The van der Waals surface area contributed by atoms with Crippen LogP contribution in [-0.4, -0.2) is 88.1 Å². The van der Waals surface area contributed by atoms with Crippen molar-refractivity contribution < 1.29 is 17.9 Å². The van der Waals surface area contributed by atoms with Gasteiger partial charge in [0.1, 0.15) is 5.75 Å². The molecule has 7 nitrogen and oxygen atoms in total. The van der Waals surface area contributed by atoms with Crippen molar-refractivity contribution in [1.82, 2.24) is 9.80 Å². The van der Waals surface area contributed by atoms with Gasteiger partial charge >= 0.3 is 0 Å². The highest BCUT2D eigenvalue weighted by Crippen LogP contribution is 2.28. The second-order valence-electron chi connectivity index (χ2n) is 7.38. The van der Waals surface area contributed by atoms with E-state index in [2.05, 4.69) is 15.9 Å². The molecule has 0 aliphatic carbocycles. The highest BCUT2D eigenvalue weighted by Gasteiger charge is 2.36. The van der Waals surface area contributed by atoms with E-state index in [0.29, 0.717) is 6.42 Å². The number of sulfone groups is 1. The molecule has 0 unspecified atom stereocenters. The monoisotopic (exact) mass is 395 g/mol. The van der Waals surface area contributed by atoms with Crippen LogP contribution in [0.1, 0.15) is 13.3 Å². The van der Waals surface area contributed by atoms with Gasteiger partial charge in [0.2, 0.25) is 5.91 Å². The van der Waals surface area contributed by atoms with E-state index in [1.807, 2.05) is 25.1 Å². The highest BCUT2D eigenvalue weighted by atomic mass is 32.2. The summed E-state index contributed by atoms with van der Waals surface area (Å²) in [6.07, 6.45) is 0.541. The van der Waals surface area contributed by atoms with Crippen molar-refractivity contribution in [2.75, 3.05) is 56.7 Å². The van der Waals surface area contributed by atoms with Gasteiger partial charge in [0.25, 0.3) is 0 Å². The number of nitrogens with zero attached hydrogens (tertiary/aromatic N) is 3. The summed E-state index contributed by atoms with van der Waals surface area (Å²) in [6, 6.07) is 7.52. The van der Waals surface area contributed by atoms with Crippen LogP contribution in [-0.2, 0) is 14.6 Å². The van der Waals surface area contributed by atoms with Crippen LogP contribution >= 0.6 is 0 Å². The number of piperazine rings is 1. The third-order valence-electron chi connectivity index (χ3n) is 5.75. The van der Waals surface area contributed by atoms with Gasteiger partial charge in [-0.2, -0.15) is 0 Å². The maximum absolute atomic E-state index is 12.8. The normalized spacial score (nSPS) is 23.8. The van der Waals surface area contributed by atoms with E-state index in [-0.39, 0.29) is 29.5 Å². The molecule has 0 aromatic heterocycles. The first-order chi connectivity index (χ1) is 12.8. The van der Waals surface area contributed by atoms with Gasteiger partial charge in [-0.3, -0.25) is 9.69 Å². The molecule has 0 radical (unpaired) electrons. The van der Waals surface area contributed by atoms with Crippen LogP contribution in [0.2, 0.25) is 0 Å². The lowest BCUT2D eigenvalue weighted by Gasteiger charge is -2.40. The molecule has 2 saturated heterocycles. The molecule has 2 atom stereocenters. The predicted molar refractivity (Wildman–Crippen MR) is 106 cm³/mol. The maximum Gasteiger partial charge on any atom is 0.239 e. The van der Waals surface area contributed by atoms with Gasteiger partial charge in [-0.25, -0.2) is 8.42 Å². The van der Waals surface area contributed by atoms with Crippen molar-refractivity contribution in [2.24, 2.45) is 0 Å². The number of rotatable bonds is 5. The minimum absolute atomic E-state index is 0.00263. The first-order valence-electron chi connectivity index (χ1n) is 9.41. The number of hydrogen-bond acceptors (Lipinski definition) is 6. The summed E-state index contributed by atoms with van der Waals surface area (Å²) in [7, 11) is 0.412. The van der Waals surface area contributed by atoms with Crippen LogP contribution in [0, 0.1) is 0 Å². The lowest BCUT2D eigenvalue weighted by molar-refractivity contribution is -0.136. The van der Waals surface area contributed by atoms with Gasteiger partial charge in [0.15, 0.2) is 9.84 Å². The Kier molecular flexibility index (Phi) is 5.95. The number of likely N-dealkylation sites (N-methyl/N-ethyl adjacent to an activating group) is 1. The SMILES string of the molecule is COc1ccccc1N1CCN([C@@H](C)C(=O)N(C)[C@@H]2CCS(=O)(=O)C2)CC1. The molecule has 2 fully saturated rings. The fourth-order valence-electron chi connectivity index (χ4n) is 3.95. The topological polar surface area (TPSA) is 70.2 Å². The summed E-state index contributed by atoms with van der Waals surface area (Å²) in [5.74, 6) is 1.13. The van der Waals surface area contributed by atoms with Gasteiger partial charge in [0, 0.05) is 39.3 Å². The van der Waals surface area contributed by atoms with E-state index in [1.165, 1.54) is 0 Å². The number of anilines is 1. The van der Waals surface area contributed by atoms with E-state index in [9.17, 15) is 13.2 Å². The summed E-state index contributed by atoms with van der Waals surface area (Å²) in [5.41, 5.74) is 1.08. The van der Waals surface area contributed by atoms with E-state index in [0.717, 1.165) is 37.6 Å². The number of carbonyl (C=O) groups is 1.